The lowest BCUT2D eigenvalue weighted by Gasteiger charge is -2.09. The minimum absolute atomic E-state index is 0.746. The third-order valence-corrected chi connectivity index (χ3v) is 5.91. The van der Waals surface area contributed by atoms with E-state index in [1.165, 1.54) is 21.8 Å². The van der Waals surface area contributed by atoms with E-state index in [9.17, 15) is 0 Å². The second-order valence-corrected chi connectivity index (χ2v) is 7.78. The van der Waals surface area contributed by atoms with Gasteiger partial charge in [-0.25, -0.2) is 0 Å². The summed E-state index contributed by atoms with van der Waals surface area (Å²) in [7, 11) is 0. The number of fused-ring (bicyclic) bond motifs is 3. The van der Waals surface area contributed by atoms with Crippen LogP contribution in [-0.4, -0.2) is 4.57 Å². The summed E-state index contributed by atoms with van der Waals surface area (Å²) in [6.07, 6.45) is 0. The summed E-state index contributed by atoms with van der Waals surface area (Å²) >= 11 is 10.1. The molecule has 1 aromatic heterocycles. The number of halogens is 2. The zero-order valence-electron chi connectivity index (χ0n) is 14.4. The molecule has 0 fully saturated rings. The summed E-state index contributed by atoms with van der Waals surface area (Å²) in [4.78, 5) is 0. The number of rotatable bonds is 2. The molecule has 5 aromatic rings. The monoisotopic (exact) mass is 431 g/mol. The fraction of sp³-hybridized carbons (Fsp3) is 0. The van der Waals surface area contributed by atoms with Gasteiger partial charge in [-0.05, 0) is 48.0 Å². The topological polar surface area (TPSA) is 4.93 Å². The summed E-state index contributed by atoms with van der Waals surface area (Å²) in [6.45, 7) is 0. The van der Waals surface area contributed by atoms with Gasteiger partial charge in [0.2, 0.25) is 0 Å². The van der Waals surface area contributed by atoms with Gasteiger partial charge < -0.3 is 4.57 Å². The lowest BCUT2D eigenvalue weighted by Crippen LogP contribution is -1.92. The molecule has 0 N–H and O–H groups in total. The van der Waals surface area contributed by atoms with Crippen LogP contribution in [0.15, 0.2) is 95.5 Å². The second kappa shape index (κ2) is 6.56. The van der Waals surface area contributed by atoms with E-state index >= 15 is 0 Å². The fourth-order valence-corrected chi connectivity index (χ4v) is 4.75. The van der Waals surface area contributed by atoms with Gasteiger partial charge in [-0.3, -0.25) is 0 Å². The molecule has 0 aliphatic carbocycles. The van der Waals surface area contributed by atoms with Crippen molar-refractivity contribution in [2.45, 2.75) is 0 Å². The Hall–Kier alpha value is -2.55. The first-order chi connectivity index (χ1) is 13.2. The molecule has 4 aromatic carbocycles. The molecular weight excluding hydrogens is 418 g/mol. The van der Waals surface area contributed by atoms with Crippen molar-refractivity contribution >= 4 is 49.3 Å². The Morgan fingerprint density at radius 2 is 1.41 bits per heavy atom. The largest absolute Gasteiger partial charge is 0.309 e. The zero-order valence-corrected chi connectivity index (χ0v) is 16.7. The van der Waals surface area contributed by atoms with Gasteiger partial charge >= 0.3 is 0 Å². The number of para-hydroxylation sites is 2. The van der Waals surface area contributed by atoms with Crippen molar-refractivity contribution in [2.75, 3.05) is 0 Å². The van der Waals surface area contributed by atoms with Crippen LogP contribution in [0, 0.1) is 0 Å². The van der Waals surface area contributed by atoms with E-state index in [0.717, 1.165) is 26.3 Å². The Morgan fingerprint density at radius 1 is 0.667 bits per heavy atom. The van der Waals surface area contributed by atoms with Crippen LogP contribution in [0.25, 0.3) is 38.6 Å². The van der Waals surface area contributed by atoms with Gasteiger partial charge in [-0.1, -0.05) is 76.1 Å². The first-order valence-corrected chi connectivity index (χ1v) is 9.94. The Bertz CT molecular complexity index is 1270. The van der Waals surface area contributed by atoms with E-state index in [-0.39, 0.29) is 0 Å². The first-order valence-electron chi connectivity index (χ1n) is 8.77. The molecule has 0 saturated carbocycles. The zero-order chi connectivity index (χ0) is 18.4. The van der Waals surface area contributed by atoms with Gasteiger partial charge in [0.25, 0.3) is 0 Å². The molecule has 0 aliphatic heterocycles. The fourth-order valence-electron chi connectivity index (χ4n) is 3.76. The molecule has 3 heteroatoms. The third kappa shape index (κ3) is 2.68. The number of hydrogen-bond donors (Lipinski definition) is 0. The Balaban J connectivity index is 1.86. The highest BCUT2D eigenvalue weighted by Crippen LogP contribution is 2.39. The van der Waals surface area contributed by atoms with Crippen LogP contribution < -0.4 is 0 Å². The standard InChI is InChI=1S/C24H15BrClN/c25-20-10-6-11-21(26)24(20)16-13-14-23-19(15-16)18-9-4-5-12-22(18)27(23)17-7-2-1-3-8-17/h1-15H. The van der Waals surface area contributed by atoms with Crippen molar-refractivity contribution in [3.8, 4) is 16.8 Å². The second-order valence-electron chi connectivity index (χ2n) is 6.52. The van der Waals surface area contributed by atoms with E-state index in [0.29, 0.717) is 0 Å². The van der Waals surface area contributed by atoms with Gasteiger partial charge in [0.1, 0.15) is 0 Å². The molecule has 0 saturated heterocycles. The molecule has 1 heterocycles. The summed E-state index contributed by atoms with van der Waals surface area (Å²) in [6, 6.07) is 31.5. The number of hydrogen-bond acceptors (Lipinski definition) is 0. The van der Waals surface area contributed by atoms with Crippen LogP contribution in [0.5, 0.6) is 0 Å². The maximum atomic E-state index is 6.50. The number of benzene rings is 4. The predicted octanol–water partition coefficient (Wildman–Crippen LogP) is 7.87. The van der Waals surface area contributed by atoms with E-state index in [1.54, 1.807) is 0 Å². The summed E-state index contributed by atoms with van der Waals surface area (Å²) in [5, 5.41) is 3.20. The van der Waals surface area contributed by atoms with Crippen LogP contribution in [0.3, 0.4) is 0 Å². The molecule has 27 heavy (non-hydrogen) atoms. The molecule has 0 radical (unpaired) electrons. The van der Waals surface area contributed by atoms with E-state index in [1.807, 2.05) is 24.3 Å². The highest BCUT2D eigenvalue weighted by atomic mass is 79.9. The van der Waals surface area contributed by atoms with Crippen LogP contribution in [0.1, 0.15) is 0 Å². The minimum atomic E-state index is 0.746. The SMILES string of the molecule is Clc1cccc(Br)c1-c1ccc2c(c1)c1ccccc1n2-c1ccccc1. The Kier molecular flexibility index (Phi) is 4.04. The predicted molar refractivity (Wildman–Crippen MR) is 119 cm³/mol. The van der Waals surface area contributed by atoms with Crippen LogP contribution in [0.2, 0.25) is 5.02 Å². The molecular formula is C24H15BrClN. The number of nitrogens with zero attached hydrogens (tertiary/aromatic N) is 1. The van der Waals surface area contributed by atoms with Crippen LogP contribution in [0.4, 0.5) is 0 Å². The molecule has 5 rings (SSSR count). The van der Waals surface area contributed by atoms with Gasteiger partial charge in [-0.2, -0.15) is 0 Å². The summed E-state index contributed by atoms with van der Waals surface area (Å²) < 4.78 is 3.32. The van der Waals surface area contributed by atoms with Crippen molar-refractivity contribution in [2.24, 2.45) is 0 Å². The molecule has 0 bridgehead atoms. The highest BCUT2D eigenvalue weighted by molar-refractivity contribution is 9.10. The van der Waals surface area contributed by atoms with E-state index < -0.39 is 0 Å². The van der Waals surface area contributed by atoms with Crippen molar-refractivity contribution in [1.29, 1.82) is 0 Å². The van der Waals surface area contributed by atoms with Crippen molar-refractivity contribution in [3.63, 3.8) is 0 Å². The summed E-state index contributed by atoms with van der Waals surface area (Å²) in [5.41, 5.74) is 5.69. The molecule has 1 nitrogen and oxygen atoms in total. The lowest BCUT2D eigenvalue weighted by molar-refractivity contribution is 1.18. The maximum absolute atomic E-state index is 6.50. The van der Waals surface area contributed by atoms with Gasteiger partial charge in [-0.15, -0.1) is 0 Å². The summed E-state index contributed by atoms with van der Waals surface area (Å²) in [5.74, 6) is 0. The van der Waals surface area contributed by atoms with Crippen LogP contribution >= 0.6 is 27.5 Å². The third-order valence-electron chi connectivity index (χ3n) is 4.94. The average molecular weight is 433 g/mol. The van der Waals surface area contributed by atoms with Gasteiger partial charge in [0.15, 0.2) is 0 Å². The molecule has 0 aliphatic rings. The maximum Gasteiger partial charge on any atom is 0.0541 e. The molecule has 0 unspecified atom stereocenters. The molecule has 0 spiro atoms. The smallest absolute Gasteiger partial charge is 0.0541 e. The molecule has 0 atom stereocenters. The lowest BCUT2D eigenvalue weighted by atomic mass is 10.0. The minimum Gasteiger partial charge on any atom is -0.309 e. The Morgan fingerprint density at radius 3 is 2.22 bits per heavy atom. The van der Waals surface area contributed by atoms with Crippen LogP contribution in [-0.2, 0) is 0 Å². The number of aromatic nitrogens is 1. The van der Waals surface area contributed by atoms with Crippen molar-refractivity contribution < 1.29 is 0 Å². The Labute approximate surface area is 170 Å². The molecule has 130 valence electrons. The quantitative estimate of drug-likeness (QED) is 0.267. The van der Waals surface area contributed by atoms with E-state index in [4.69, 9.17) is 11.6 Å². The average Bonchev–Trinajstić information content (AvgIpc) is 3.02. The van der Waals surface area contributed by atoms with Crippen molar-refractivity contribution in [3.05, 3.63) is 100 Å². The first kappa shape index (κ1) is 16.6. The van der Waals surface area contributed by atoms with Gasteiger partial charge in [0, 0.05) is 31.5 Å². The molecule has 0 amide bonds. The van der Waals surface area contributed by atoms with E-state index in [2.05, 4.69) is 87.2 Å². The highest BCUT2D eigenvalue weighted by Gasteiger charge is 2.14. The van der Waals surface area contributed by atoms with Crippen molar-refractivity contribution in [1.82, 2.24) is 4.57 Å². The van der Waals surface area contributed by atoms with Gasteiger partial charge in [0.05, 0.1) is 11.0 Å². The normalized spacial score (nSPS) is 11.3.